The van der Waals surface area contributed by atoms with Crippen molar-refractivity contribution in [1.82, 2.24) is 4.90 Å². The summed E-state index contributed by atoms with van der Waals surface area (Å²) in [5.41, 5.74) is 0.574. The number of nitrogens with zero attached hydrogens (tertiary/aromatic N) is 1. The molecule has 0 bridgehead atoms. The van der Waals surface area contributed by atoms with Crippen LogP contribution in [0.2, 0.25) is 0 Å². The first kappa shape index (κ1) is 12.0. The number of hydrogen-bond acceptors (Lipinski definition) is 1. The van der Waals surface area contributed by atoms with Gasteiger partial charge in [-0.15, -0.1) is 0 Å². The molecule has 1 rings (SSSR count). The normalized spacial score (nSPS) is 22.9. The Morgan fingerprint density at radius 2 is 1.43 bits per heavy atom. The number of likely N-dealkylation sites (tertiary alicyclic amines) is 1. The molecule has 84 valence electrons. The minimum Gasteiger partial charge on any atom is -0.300 e. The summed E-state index contributed by atoms with van der Waals surface area (Å²) in [5.74, 6) is 1.62. The zero-order valence-corrected chi connectivity index (χ0v) is 10.8. The van der Waals surface area contributed by atoms with E-state index in [0.717, 1.165) is 17.9 Å². The summed E-state index contributed by atoms with van der Waals surface area (Å²) in [6.45, 7) is 16.8. The van der Waals surface area contributed by atoms with Crippen molar-refractivity contribution in [3.63, 3.8) is 0 Å². The van der Waals surface area contributed by atoms with E-state index in [2.05, 4.69) is 46.4 Å². The second-order valence-electron chi connectivity index (χ2n) is 5.86. The third kappa shape index (κ3) is 1.98. The standard InChI is InChI=1S/C13H27N/c1-10(2)13(11(3)4)7-8-14(9-13)12(5)6/h10-12H,7-9H2,1-6H3. The second-order valence-corrected chi connectivity index (χ2v) is 5.86. The molecule has 0 atom stereocenters. The molecular formula is C13H27N. The first-order chi connectivity index (χ1) is 6.40. The summed E-state index contributed by atoms with van der Waals surface area (Å²) >= 11 is 0. The van der Waals surface area contributed by atoms with Gasteiger partial charge in [0.15, 0.2) is 0 Å². The topological polar surface area (TPSA) is 3.24 Å². The summed E-state index contributed by atoms with van der Waals surface area (Å²) in [4.78, 5) is 2.64. The number of rotatable bonds is 3. The first-order valence-electron chi connectivity index (χ1n) is 6.14. The van der Waals surface area contributed by atoms with Crippen LogP contribution in [0.3, 0.4) is 0 Å². The van der Waals surface area contributed by atoms with Gasteiger partial charge in [0, 0.05) is 12.6 Å². The molecule has 0 aliphatic carbocycles. The van der Waals surface area contributed by atoms with E-state index in [-0.39, 0.29) is 0 Å². The Hall–Kier alpha value is -0.0400. The van der Waals surface area contributed by atoms with Gasteiger partial charge >= 0.3 is 0 Å². The molecule has 1 aliphatic heterocycles. The Balaban J connectivity index is 2.75. The SMILES string of the molecule is CC(C)N1CCC(C(C)C)(C(C)C)C1. The van der Waals surface area contributed by atoms with Crippen LogP contribution in [0.1, 0.15) is 48.0 Å². The largest absolute Gasteiger partial charge is 0.300 e. The lowest BCUT2D eigenvalue weighted by Gasteiger charge is -2.38. The highest BCUT2D eigenvalue weighted by molar-refractivity contribution is 4.94. The van der Waals surface area contributed by atoms with Gasteiger partial charge in [-0.3, -0.25) is 0 Å². The Kier molecular flexibility index (Phi) is 3.63. The van der Waals surface area contributed by atoms with Gasteiger partial charge in [-0.25, -0.2) is 0 Å². The third-order valence-corrected chi connectivity index (χ3v) is 4.39. The fraction of sp³-hybridized carbons (Fsp3) is 1.00. The van der Waals surface area contributed by atoms with Crippen molar-refractivity contribution in [1.29, 1.82) is 0 Å². The van der Waals surface area contributed by atoms with Crippen molar-refractivity contribution < 1.29 is 0 Å². The van der Waals surface area contributed by atoms with Crippen LogP contribution in [0.25, 0.3) is 0 Å². The lowest BCUT2D eigenvalue weighted by atomic mass is 9.68. The van der Waals surface area contributed by atoms with Crippen LogP contribution in [0.15, 0.2) is 0 Å². The predicted molar refractivity (Wildman–Crippen MR) is 63.4 cm³/mol. The molecule has 0 saturated carbocycles. The van der Waals surface area contributed by atoms with E-state index >= 15 is 0 Å². The maximum atomic E-state index is 2.64. The van der Waals surface area contributed by atoms with Crippen LogP contribution in [0, 0.1) is 17.3 Å². The second kappa shape index (κ2) is 4.22. The first-order valence-corrected chi connectivity index (χ1v) is 6.14. The van der Waals surface area contributed by atoms with Gasteiger partial charge in [0.25, 0.3) is 0 Å². The molecule has 0 unspecified atom stereocenters. The van der Waals surface area contributed by atoms with Gasteiger partial charge in [-0.05, 0) is 44.1 Å². The fourth-order valence-electron chi connectivity index (χ4n) is 2.94. The van der Waals surface area contributed by atoms with Crippen LogP contribution >= 0.6 is 0 Å². The molecule has 1 aliphatic rings. The van der Waals surface area contributed by atoms with Crippen LogP contribution in [-0.2, 0) is 0 Å². The minimum absolute atomic E-state index is 0.574. The fourth-order valence-corrected chi connectivity index (χ4v) is 2.94. The monoisotopic (exact) mass is 197 g/mol. The predicted octanol–water partition coefficient (Wildman–Crippen LogP) is 3.40. The van der Waals surface area contributed by atoms with E-state index in [9.17, 15) is 0 Å². The molecule has 0 aromatic rings. The summed E-state index contributed by atoms with van der Waals surface area (Å²) in [7, 11) is 0. The molecule has 1 heterocycles. The molecule has 1 nitrogen and oxygen atoms in total. The number of hydrogen-bond donors (Lipinski definition) is 0. The molecule has 1 fully saturated rings. The van der Waals surface area contributed by atoms with Crippen LogP contribution in [-0.4, -0.2) is 24.0 Å². The van der Waals surface area contributed by atoms with Gasteiger partial charge < -0.3 is 4.90 Å². The van der Waals surface area contributed by atoms with E-state index in [0.29, 0.717) is 5.41 Å². The Labute approximate surface area is 89.9 Å². The molecule has 0 radical (unpaired) electrons. The van der Waals surface area contributed by atoms with Crippen molar-refractivity contribution in [3.8, 4) is 0 Å². The summed E-state index contributed by atoms with van der Waals surface area (Å²) in [6, 6.07) is 0.717. The van der Waals surface area contributed by atoms with Gasteiger partial charge in [0.05, 0.1) is 0 Å². The average Bonchev–Trinajstić information content (AvgIpc) is 2.48. The lowest BCUT2D eigenvalue weighted by Crippen LogP contribution is -2.38. The van der Waals surface area contributed by atoms with E-state index in [1.807, 2.05) is 0 Å². The molecule has 1 saturated heterocycles. The molecule has 0 aromatic heterocycles. The van der Waals surface area contributed by atoms with E-state index in [4.69, 9.17) is 0 Å². The quantitative estimate of drug-likeness (QED) is 0.670. The molecule has 0 N–H and O–H groups in total. The van der Waals surface area contributed by atoms with Crippen molar-refractivity contribution in [2.75, 3.05) is 13.1 Å². The highest BCUT2D eigenvalue weighted by Gasteiger charge is 2.43. The van der Waals surface area contributed by atoms with E-state index in [1.165, 1.54) is 19.5 Å². The van der Waals surface area contributed by atoms with E-state index < -0.39 is 0 Å². The summed E-state index contributed by atoms with van der Waals surface area (Å²) in [6.07, 6.45) is 1.39. The van der Waals surface area contributed by atoms with Crippen molar-refractivity contribution >= 4 is 0 Å². The maximum Gasteiger partial charge on any atom is 0.00461 e. The van der Waals surface area contributed by atoms with Gasteiger partial charge in [0.2, 0.25) is 0 Å². The summed E-state index contributed by atoms with van der Waals surface area (Å²) in [5, 5.41) is 0. The molecular weight excluding hydrogens is 170 g/mol. The summed E-state index contributed by atoms with van der Waals surface area (Å²) < 4.78 is 0. The van der Waals surface area contributed by atoms with E-state index in [1.54, 1.807) is 0 Å². The average molecular weight is 197 g/mol. The molecule has 1 heteroatoms. The highest BCUT2D eigenvalue weighted by atomic mass is 15.2. The lowest BCUT2D eigenvalue weighted by molar-refractivity contribution is 0.110. The van der Waals surface area contributed by atoms with Crippen LogP contribution < -0.4 is 0 Å². The van der Waals surface area contributed by atoms with Crippen molar-refractivity contribution in [2.24, 2.45) is 17.3 Å². The maximum absolute atomic E-state index is 2.64. The zero-order chi connectivity index (χ0) is 10.9. The van der Waals surface area contributed by atoms with Crippen molar-refractivity contribution in [2.45, 2.75) is 54.0 Å². The van der Waals surface area contributed by atoms with Gasteiger partial charge in [-0.2, -0.15) is 0 Å². The zero-order valence-electron chi connectivity index (χ0n) is 10.8. The van der Waals surface area contributed by atoms with Gasteiger partial charge in [0.1, 0.15) is 0 Å². The van der Waals surface area contributed by atoms with Crippen molar-refractivity contribution in [3.05, 3.63) is 0 Å². The van der Waals surface area contributed by atoms with Crippen LogP contribution in [0.5, 0.6) is 0 Å². The van der Waals surface area contributed by atoms with Gasteiger partial charge in [-0.1, -0.05) is 27.7 Å². The smallest absolute Gasteiger partial charge is 0.00461 e. The molecule has 0 amide bonds. The Bertz CT molecular complexity index is 174. The molecule has 14 heavy (non-hydrogen) atoms. The Morgan fingerprint density at radius 1 is 0.929 bits per heavy atom. The Morgan fingerprint density at radius 3 is 1.64 bits per heavy atom. The molecule has 0 aromatic carbocycles. The van der Waals surface area contributed by atoms with Crippen LogP contribution in [0.4, 0.5) is 0 Å². The molecule has 0 spiro atoms. The minimum atomic E-state index is 0.574. The highest BCUT2D eigenvalue weighted by Crippen LogP contribution is 2.44. The third-order valence-electron chi connectivity index (χ3n) is 4.39.